The monoisotopic (exact) mass is 157 g/mol. The van der Waals surface area contributed by atoms with Crippen LogP contribution >= 0.6 is 0 Å². The molecule has 1 nitrogen and oxygen atoms in total. The molecule has 2 N–H and O–H groups in total. The van der Waals surface area contributed by atoms with Crippen molar-refractivity contribution in [3.63, 3.8) is 0 Å². The molecule has 0 aromatic rings. The van der Waals surface area contributed by atoms with Crippen LogP contribution in [-0.4, -0.2) is 0 Å². The summed E-state index contributed by atoms with van der Waals surface area (Å²) in [6.45, 7) is 12.1. The van der Waals surface area contributed by atoms with Crippen molar-refractivity contribution >= 4 is 0 Å². The van der Waals surface area contributed by atoms with Crippen molar-refractivity contribution in [1.82, 2.24) is 0 Å². The maximum Gasteiger partial charge on any atom is 0.116 e. The van der Waals surface area contributed by atoms with E-state index in [4.69, 9.17) is 5.73 Å². The van der Waals surface area contributed by atoms with Crippen LogP contribution in [0.2, 0.25) is 0 Å². The molecule has 0 aliphatic heterocycles. The Kier molecular flexibility index (Phi) is 8.10. The van der Waals surface area contributed by atoms with Crippen molar-refractivity contribution in [2.24, 2.45) is 5.73 Å². The van der Waals surface area contributed by atoms with Gasteiger partial charge < -0.3 is 5.73 Å². The van der Waals surface area contributed by atoms with Crippen LogP contribution in [-0.2, 0) is 0 Å². The van der Waals surface area contributed by atoms with Crippen LogP contribution < -0.4 is 5.73 Å². The first-order valence-electron chi connectivity index (χ1n) is 3.51. The minimum atomic E-state index is -0.501. The van der Waals surface area contributed by atoms with Gasteiger partial charge in [0.15, 0.2) is 0 Å². The van der Waals surface area contributed by atoms with E-state index in [0.717, 1.165) is 0 Å². The Morgan fingerprint density at radius 3 is 1.82 bits per heavy atom. The number of halogens is 1. The molecule has 0 saturated heterocycles. The van der Waals surface area contributed by atoms with Crippen molar-refractivity contribution in [2.45, 2.75) is 20.8 Å². The van der Waals surface area contributed by atoms with Gasteiger partial charge in [0, 0.05) is 5.70 Å². The largest absolute Gasteiger partial charge is 0.399 e. The van der Waals surface area contributed by atoms with Crippen LogP contribution in [0.25, 0.3) is 0 Å². The summed E-state index contributed by atoms with van der Waals surface area (Å²) in [5.74, 6) is -0.501. The number of allylic oxidation sites excluding steroid dienone is 3. The third kappa shape index (κ3) is 8.95. The van der Waals surface area contributed by atoms with E-state index in [0.29, 0.717) is 11.3 Å². The zero-order chi connectivity index (χ0) is 9.44. The first kappa shape index (κ1) is 12.6. The zero-order valence-electron chi connectivity index (χ0n) is 7.45. The molecule has 0 rings (SSSR count). The van der Waals surface area contributed by atoms with E-state index in [2.05, 4.69) is 13.2 Å². The number of rotatable bonds is 2. The van der Waals surface area contributed by atoms with Crippen LogP contribution in [0.15, 0.2) is 36.3 Å². The van der Waals surface area contributed by atoms with Crippen molar-refractivity contribution in [2.75, 3.05) is 0 Å². The van der Waals surface area contributed by atoms with Gasteiger partial charge in [0.25, 0.3) is 0 Å². The molecule has 0 atom stereocenters. The lowest BCUT2D eigenvalue weighted by molar-refractivity contribution is 0.670. The van der Waals surface area contributed by atoms with Gasteiger partial charge in [0.1, 0.15) is 5.83 Å². The van der Waals surface area contributed by atoms with E-state index < -0.39 is 5.83 Å². The predicted octanol–water partition coefficient (Wildman–Crippen LogP) is 2.91. The fraction of sp³-hybridized carbons (Fsp3) is 0.333. The van der Waals surface area contributed by atoms with Crippen LogP contribution in [0.3, 0.4) is 0 Å². The fourth-order valence-corrected chi connectivity index (χ4v) is 0.328. The van der Waals surface area contributed by atoms with E-state index in [1.165, 1.54) is 6.08 Å². The Morgan fingerprint density at radius 2 is 1.73 bits per heavy atom. The van der Waals surface area contributed by atoms with Gasteiger partial charge in [-0.2, -0.15) is 0 Å². The summed E-state index contributed by atoms with van der Waals surface area (Å²) in [6, 6.07) is 0. The minimum absolute atomic E-state index is 0.369. The van der Waals surface area contributed by atoms with E-state index in [1.54, 1.807) is 6.92 Å². The Labute approximate surface area is 68.1 Å². The molecule has 0 aromatic carbocycles. The average Bonchev–Trinajstić information content (AvgIpc) is 1.90. The summed E-state index contributed by atoms with van der Waals surface area (Å²) >= 11 is 0. The lowest BCUT2D eigenvalue weighted by atomic mass is 10.2. The average molecular weight is 157 g/mol. The van der Waals surface area contributed by atoms with Gasteiger partial charge in [0.2, 0.25) is 0 Å². The quantitative estimate of drug-likeness (QED) is 0.613. The Balaban J connectivity index is 0. The molecule has 0 fully saturated rings. The van der Waals surface area contributed by atoms with Gasteiger partial charge in [-0.3, -0.25) is 0 Å². The molecule has 0 aliphatic rings. The normalized spacial score (nSPS) is 9.64. The van der Waals surface area contributed by atoms with E-state index >= 15 is 0 Å². The zero-order valence-corrected chi connectivity index (χ0v) is 7.45. The highest BCUT2D eigenvalue weighted by Gasteiger charge is 1.89. The second-order valence-corrected chi connectivity index (χ2v) is 1.80. The number of hydrogen-bond donors (Lipinski definition) is 1. The summed E-state index contributed by atoms with van der Waals surface area (Å²) in [5.41, 5.74) is 6.20. The maximum absolute atomic E-state index is 11.9. The summed E-state index contributed by atoms with van der Waals surface area (Å²) < 4.78 is 11.9. The summed E-state index contributed by atoms with van der Waals surface area (Å²) in [4.78, 5) is 0. The van der Waals surface area contributed by atoms with Gasteiger partial charge in [-0.05, 0) is 18.6 Å². The smallest absolute Gasteiger partial charge is 0.116 e. The van der Waals surface area contributed by atoms with Crippen molar-refractivity contribution < 1.29 is 4.39 Å². The van der Waals surface area contributed by atoms with E-state index in [9.17, 15) is 4.39 Å². The molecular weight excluding hydrogens is 141 g/mol. The molecule has 0 bridgehead atoms. The van der Waals surface area contributed by atoms with Crippen LogP contribution in [0.1, 0.15) is 20.8 Å². The maximum atomic E-state index is 11.9. The highest BCUT2D eigenvalue weighted by atomic mass is 19.1. The van der Waals surface area contributed by atoms with Gasteiger partial charge in [-0.25, -0.2) is 4.39 Å². The Morgan fingerprint density at radius 1 is 1.36 bits per heavy atom. The lowest BCUT2D eigenvalue weighted by Crippen LogP contribution is -1.95. The molecular formula is C9H16FN. The van der Waals surface area contributed by atoms with Crippen LogP contribution in [0, 0.1) is 0 Å². The molecule has 0 spiro atoms. The molecule has 0 heterocycles. The van der Waals surface area contributed by atoms with Gasteiger partial charge in [-0.15, -0.1) is 0 Å². The molecule has 11 heavy (non-hydrogen) atoms. The van der Waals surface area contributed by atoms with Gasteiger partial charge in [-0.1, -0.05) is 27.0 Å². The molecule has 0 aliphatic carbocycles. The molecule has 0 unspecified atom stereocenters. The topological polar surface area (TPSA) is 26.0 Å². The number of nitrogens with two attached hydrogens (primary N) is 1. The molecule has 0 aromatic heterocycles. The van der Waals surface area contributed by atoms with Crippen LogP contribution in [0.4, 0.5) is 4.39 Å². The van der Waals surface area contributed by atoms with Gasteiger partial charge >= 0.3 is 0 Å². The third-order valence-corrected chi connectivity index (χ3v) is 0.880. The summed E-state index contributed by atoms with van der Waals surface area (Å²) in [6.07, 6.45) is 1.24. The second kappa shape index (κ2) is 7.06. The highest BCUT2D eigenvalue weighted by molar-refractivity contribution is 5.28. The Bertz CT molecular complexity index is 168. The van der Waals surface area contributed by atoms with E-state index in [-0.39, 0.29) is 0 Å². The van der Waals surface area contributed by atoms with Crippen molar-refractivity contribution in [3.05, 3.63) is 36.3 Å². The van der Waals surface area contributed by atoms with Crippen LogP contribution in [0.5, 0.6) is 0 Å². The highest BCUT2D eigenvalue weighted by Crippen LogP contribution is 2.04. The minimum Gasteiger partial charge on any atom is -0.399 e. The molecule has 2 heteroatoms. The Hall–Kier alpha value is -1.05. The van der Waals surface area contributed by atoms with Crippen molar-refractivity contribution in [3.8, 4) is 0 Å². The fourth-order valence-electron chi connectivity index (χ4n) is 0.328. The molecule has 64 valence electrons. The third-order valence-electron chi connectivity index (χ3n) is 0.880. The van der Waals surface area contributed by atoms with Gasteiger partial charge in [0.05, 0.1) is 0 Å². The first-order valence-corrected chi connectivity index (χ1v) is 3.51. The molecule has 0 radical (unpaired) electrons. The standard InChI is InChI=1S/C7H10FN.C2H6/c1-5(7(3)9)4-6(2)8;1-2/h4H,2-3,9H2,1H3;1-2H3/b5-4-;. The second-order valence-electron chi connectivity index (χ2n) is 1.80. The number of hydrogen-bond acceptors (Lipinski definition) is 1. The predicted molar refractivity (Wildman–Crippen MR) is 48.7 cm³/mol. The molecule has 0 saturated carbocycles. The summed E-state index contributed by atoms with van der Waals surface area (Å²) in [5, 5.41) is 0. The first-order chi connectivity index (χ1) is 5.04. The lowest BCUT2D eigenvalue weighted by Gasteiger charge is -1.94. The SMILES string of the molecule is C=C(F)/C=C(/C)C(=C)N.CC. The summed E-state index contributed by atoms with van der Waals surface area (Å²) in [7, 11) is 0. The van der Waals surface area contributed by atoms with E-state index in [1.807, 2.05) is 13.8 Å². The molecule has 0 amide bonds. The van der Waals surface area contributed by atoms with Crippen molar-refractivity contribution in [1.29, 1.82) is 0 Å².